The maximum absolute atomic E-state index is 14.4. The topological polar surface area (TPSA) is 45.7 Å². The highest BCUT2D eigenvalue weighted by Crippen LogP contribution is 2.35. The van der Waals surface area contributed by atoms with Crippen molar-refractivity contribution in [2.45, 2.75) is 12.8 Å². The predicted molar refractivity (Wildman–Crippen MR) is 151 cm³/mol. The molecule has 1 amide bonds. The van der Waals surface area contributed by atoms with Crippen molar-refractivity contribution in [2.24, 2.45) is 0 Å². The molecule has 0 spiro atoms. The second kappa shape index (κ2) is 12.2. The van der Waals surface area contributed by atoms with E-state index >= 15 is 0 Å². The van der Waals surface area contributed by atoms with Crippen molar-refractivity contribution in [1.82, 2.24) is 9.88 Å². The summed E-state index contributed by atoms with van der Waals surface area (Å²) in [7, 11) is 0. The van der Waals surface area contributed by atoms with Gasteiger partial charge in [0.25, 0.3) is 0 Å². The first kappa shape index (κ1) is 26.6. The highest BCUT2D eigenvalue weighted by Gasteiger charge is 2.30. The van der Waals surface area contributed by atoms with Crippen LogP contribution in [0.4, 0.5) is 5.13 Å². The van der Waals surface area contributed by atoms with Crippen molar-refractivity contribution in [2.75, 3.05) is 44.3 Å². The molecule has 0 N–H and O–H groups in total. The second-order valence-electron chi connectivity index (χ2n) is 8.76. The number of anilines is 1. The Morgan fingerprint density at radius 1 is 1.06 bits per heavy atom. The molecule has 0 atom stereocenters. The fourth-order valence-electron chi connectivity index (χ4n) is 4.55. The van der Waals surface area contributed by atoms with Crippen LogP contribution in [0.1, 0.15) is 22.6 Å². The quantitative estimate of drug-likeness (QED) is 0.280. The van der Waals surface area contributed by atoms with Gasteiger partial charge in [0.05, 0.1) is 29.3 Å². The Labute approximate surface area is 227 Å². The van der Waals surface area contributed by atoms with Gasteiger partial charge in [-0.15, -0.1) is 12.4 Å². The van der Waals surface area contributed by atoms with Crippen molar-refractivity contribution in [3.05, 3.63) is 94.5 Å². The Morgan fingerprint density at radius 3 is 2.28 bits per heavy atom. The molecule has 0 unspecified atom stereocenters. The largest absolute Gasteiger partial charge is 0.379 e. The van der Waals surface area contributed by atoms with Gasteiger partial charge in [-0.2, -0.15) is 0 Å². The molecule has 0 radical (unpaired) electrons. The van der Waals surface area contributed by atoms with Crippen LogP contribution in [0.3, 0.4) is 0 Å². The first-order valence-electron chi connectivity index (χ1n) is 11.9. The summed E-state index contributed by atoms with van der Waals surface area (Å²) in [6, 6.07) is 23.9. The van der Waals surface area contributed by atoms with Crippen molar-refractivity contribution in [3.63, 3.8) is 0 Å². The fraction of sp³-hybridized carbons (Fsp3) is 0.286. The van der Waals surface area contributed by atoms with Crippen molar-refractivity contribution in [3.8, 4) is 0 Å². The smallest absolute Gasteiger partial charge is 0.240 e. The number of halogens is 2. The molecule has 36 heavy (non-hydrogen) atoms. The average Bonchev–Trinajstić information content (AvgIpc) is 3.30. The summed E-state index contributed by atoms with van der Waals surface area (Å²) in [5.74, 6) is -0.391. The van der Waals surface area contributed by atoms with Crippen LogP contribution in [0.25, 0.3) is 10.2 Å². The highest BCUT2D eigenvalue weighted by molar-refractivity contribution is 7.22. The predicted octanol–water partition coefficient (Wildman–Crippen LogP) is 6.18. The van der Waals surface area contributed by atoms with E-state index < -0.39 is 5.92 Å². The molecule has 8 heteroatoms. The maximum atomic E-state index is 14.4. The van der Waals surface area contributed by atoms with Gasteiger partial charge < -0.3 is 4.74 Å². The molecule has 1 aromatic heterocycles. The van der Waals surface area contributed by atoms with Crippen LogP contribution in [-0.4, -0.2) is 55.2 Å². The van der Waals surface area contributed by atoms with Gasteiger partial charge in [0, 0.05) is 31.2 Å². The number of benzene rings is 3. The van der Waals surface area contributed by atoms with Crippen LogP contribution >= 0.6 is 35.3 Å². The third-order valence-corrected chi connectivity index (χ3v) is 7.64. The summed E-state index contributed by atoms with van der Waals surface area (Å²) in [5.41, 5.74) is 3.86. The maximum Gasteiger partial charge on any atom is 0.240 e. The molecule has 3 aromatic carbocycles. The Morgan fingerprint density at radius 2 is 1.67 bits per heavy atom. The highest BCUT2D eigenvalue weighted by atomic mass is 35.5. The monoisotopic (exact) mass is 541 g/mol. The number of thiazole rings is 1. The molecule has 1 aliphatic heterocycles. The molecular formula is C28H29Cl2N3O2S. The third-order valence-electron chi connectivity index (χ3n) is 6.39. The zero-order valence-corrected chi connectivity index (χ0v) is 22.5. The van der Waals surface area contributed by atoms with Crippen molar-refractivity contribution in [1.29, 1.82) is 0 Å². The number of hydrogen-bond acceptors (Lipinski definition) is 5. The lowest BCUT2D eigenvalue weighted by Gasteiger charge is -2.31. The molecule has 188 valence electrons. The fourth-order valence-corrected chi connectivity index (χ4v) is 6.00. The van der Waals surface area contributed by atoms with Crippen LogP contribution in [0.15, 0.2) is 72.8 Å². The van der Waals surface area contributed by atoms with E-state index in [0.29, 0.717) is 16.7 Å². The summed E-state index contributed by atoms with van der Waals surface area (Å²) in [5, 5.41) is 1.39. The minimum Gasteiger partial charge on any atom is -0.379 e. The number of rotatable bonds is 7. The van der Waals surface area contributed by atoms with Crippen LogP contribution in [0, 0.1) is 6.92 Å². The van der Waals surface area contributed by atoms with Crippen LogP contribution in [0.2, 0.25) is 5.02 Å². The summed E-state index contributed by atoms with van der Waals surface area (Å²) in [6.07, 6.45) is 0. The first-order valence-corrected chi connectivity index (χ1v) is 13.1. The van der Waals surface area contributed by atoms with E-state index in [2.05, 4.69) is 4.90 Å². The Hall–Kier alpha value is -2.48. The summed E-state index contributed by atoms with van der Waals surface area (Å²) < 4.78 is 6.50. The molecule has 1 aliphatic rings. The van der Waals surface area contributed by atoms with Gasteiger partial charge in [0.15, 0.2) is 5.13 Å². The normalized spacial score (nSPS) is 14.1. The van der Waals surface area contributed by atoms with Crippen molar-refractivity contribution < 1.29 is 9.53 Å². The lowest BCUT2D eigenvalue weighted by Crippen LogP contribution is -2.44. The zero-order valence-electron chi connectivity index (χ0n) is 20.1. The molecule has 0 aliphatic carbocycles. The van der Waals surface area contributed by atoms with Gasteiger partial charge in [0.2, 0.25) is 5.91 Å². The Balaban J connectivity index is 0.00000304. The number of morpholine rings is 1. The van der Waals surface area contributed by atoms with Crippen LogP contribution in [0.5, 0.6) is 0 Å². The van der Waals surface area contributed by atoms with Crippen LogP contribution in [-0.2, 0) is 9.53 Å². The molecule has 5 rings (SSSR count). The zero-order chi connectivity index (χ0) is 24.2. The molecular weight excluding hydrogens is 513 g/mol. The van der Waals surface area contributed by atoms with Gasteiger partial charge in [-0.1, -0.05) is 83.6 Å². The SMILES string of the molecule is Cc1cc(Cl)cc2sc(N(CCN3CCOCC3)C(=O)C(c3ccccc3)c3ccccc3)nc12.Cl. The van der Waals surface area contributed by atoms with Gasteiger partial charge in [-0.05, 0) is 35.7 Å². The number of ether oxygens (including phenoxy) is 1. The summed E-state index contributed by atoms with van der Waals surface area (Å²) in [6.45, 7) is 6.53. The van der Waals surface area contributed by atoms with E-state index in [1.54, 1.807) is 0 Å². The van der Waals surface area contributed by atoms with Crippen LogP contribution < -0.4 is 4.90 Å². The summed E-state index contributed by atoms with van der Waals surface area (Å²) >= 11 is 7.85. The average molecular weight is 543 g/mol. The number of carbonyl (C=O) groups excluding carboxylic acids is 1. The standard InChI is InChI=1S/C28H28ClN3O2S.ClH/c1-20-18-23(29)19-24-26(20)30-28(35-24)32(13-12-31-14-16-34-17-15-31)27(33)25(21-8-4-2-5-9-21)22-10-6-3-7-11-22;/h2-11,18-19,25H,12-17H2,1H3;1H. The minimum absolute atomic E-state index is 0. The molecule has 4 aromatic rings. The van der Waals surface area contributed by atoms with E-state index in [9.17, 15) is 4.79 Å². The minimum atomic E-state index is -0.418. The van der Waals surface area contributed by atoms with E-state index in [0.717, 1.165) is 59.8 Å². The van der Waals surface area contributed by atoms with Crippen molar-refractivity contribution >= 4 is 56.6 Å². The molecule has 0 bridgehead atoms. The lowest BCUT2D eigenvalue weighted by molar-refractivity contribution is -0.119. The van der Waals surface area contributed by atoms with Gasteiger partial charge >= 0.3 is 0 Å². The Bertz CT molecular complexity index is 1250. The van der Waals surface area contributed by atoms with E-state index in [1.807, 2.05) is 84.6 Å². The second-order valence-corrected chi connectivity index (χ2v) is 10.2. The molecule has 1 saturated heterocycles. The van der Waals surface area contributed by atoms with Gasteiger partial charge in [-0.25, -0.2) is 4.98 Å². The number of amides is 1. The van der Waals surface area contributed by atoms with E-state index in [4.69, 9.17) is 21.3 Å². The molecule has 5 nitrogen and oxygen atoms in total. The number of aromatic nitrogens is 1. The Kier molecular flexibility index (Phi) is 8.99. The molecule has 1 fully saturated rings. The number of nitrogens with zero attached hydrogens (tertiary/aromatic N) is 3. The lowest BCUT2D eigenvalue weighted by atomic mass is 9.90. The number of fused-ring (bicyclic) bond motifs is 1. The first-order chi connectivity index (χ1) is 17.1. The van der Waals surface area contributed by atoms with Gasteiger partial charge in [-0.3, -0.25) is 14.6 Å². The number of aryl methyl sites for hydroxylation is 1. The summed E-state index contributed by atoms with van der Waals surface area (Å²) in [4.78, 5) is 23.5. The van der Waals surface area contributed by atoms with E-state index in [-0.39, 0.29) is 18.3 Å². The van der Waals surface area contributed by atoms with Gasteiger partial charge in [0.1, 0.15) is 0 Å². The number of hydrogen-bond donors (Lipinski definition) is 0. The number of carbonyl (C=O) groups is 1. The van der Waals surface area contributed by atoms with E-state index in [1.165, 1.54) is 11.3 Å². The molecule has 0 saturated carbocycles. The molecule has 2 heterocycles. The third kappa shape index (κ3) is 5.90.